The zero-order valence-electron chi connectivity index (χ0n) is 11.0. The maximum atomic E-state index is 12.9. The van der Waals surface area contributed by atoms with Crippen molar-refractivity contribution in [2.75, 3.05) is 13.1 Å². The number of hydrogen-bond acceptors (Lipinski definition) is 1. The lowest BCUT2D eigenvalue weighted by Crippen LogP contribution is -2.43. The van der Waals surface area contributed by atoms with Gasteiger partial charge in [-0.15, -0.1) is 11.6 Å². The minimum Gasteiger partial charge on any atom is -0.338 e. The Morgan fingerprint density at radius 2 is 2.00 bits per heavy atom. The first kappa shape index (κ1) is 15.2. The van der Waals surface area contributed by atoms with E-state index in [1.807, 2.05) is 6.92 Å². The molecule has 0 bridgehead atoms. The van der Waals surface area contributed by atoms with Crippen LogP contribution in [0.1, 0.15) is 29.3 Å². The molecule has 20 heavy (non-hydrogen) atoms. The number of hydrogen-bond donors (Lipinski definition) is 0. The Morgan fingerprint density at radius 1 is 1.35 bits per heavy atom. The molecule has 1 aromatic carbocycles. The largest absolute Gasteiger partial charge is 0.417 e. The SMILES string of the molecule is CC1CN(C(=O)c2ccccc2C(F)(F)F)CCC1Cl. The fraction of sp³-hybridized carbons (Fsp3) is 0.500. The molecule has 2 nitrogen and oxygen atoms in total. The van der Waals surface area contributed by atoms with E-state index in [2.05, 4.69) is 0 Å². The molecule has 1 amide bonds. The summed E-state index contributed by atoms with van der Waals surface area (Å²) in [5.41, 5.74) is -1.18. The summed E-state index contributed by atoms with van der Waals surface area (Å²) < 4.78 is 38.8. The molecule has 0 aromatic heterocycles. The molecule has 2 unspecified atom stereocenters. The molecule has 0 saturated carbocycles. The highest BCUT2D eigenvalue weighted by molar-refractivity contribution is 6.20. The minimum absolute atomic E-state index is 0.0306. The zero-order chi connectivity index (χ0) is 14.9. The van der Waals surface area contributed by atoms with Gasteiger partial charge in [-0.25, -0.2) is 0 Å². The second kappa shape index (κ2) is 5.64. The summed E-state index contributed by atoms with van der Waals surface area (Å²) in [6.45, 7) is 2.68. The average molecular weight is 306 g/mol. The summed E-state index contributed by atoms with van der Waals surface area (Å²) in [5.74, 6) is -0.499. The van der Waals surface area contributed by atoms with E-state index in [-0.39, 0.29) is 16.9 Å². The van der Waals surface area contributed by atoms with Crippen molar-refractivity contribution in [3.63, 3.8) is 0 Å². The van der Waals surface area contributed by atoms with Crippen molar-refractivity contribution < 1.29 is 18.0 Å². The highest BCUT2D eigenvalue weighted by atomic mass is 35.5. The summed E-state index contributed by atoms with van der Waals surface area (Å²) in [6.07, 6.45) is -3.93. The van der Waals surface area contributed by atoms with Gasteiger partial charge < -0.3 is 4.90 Å². The number of benzene rings is 1. The molecular weight excluding hydrogens is 291 g/mol. The number of carbonyl (C=O) groups excluding carboxylic acids is 1. The number of alkyl halides is 4. The third-order valence-corrected chi connectivity index (χ3v) is 4.20. The molecule has 2 rings (SSSR count). The molecule has 1 aliphatic heterocycles. The molecular formula is C14H15ClF3NO. The maximum absolute atomic E-state index is 12.9. The van der Waals surface area contributed by atoms with Gasteiger partial charge >= 0.3 is 6.18 Å². The van der Waals surface area contributed by atoms with E-state index in [9.17, 15) is 18.0 Å². The van der Waals surface area contributed by atoms with Gasteiger partial charge in [0.15, 0.2) is 0 Å². The Hall–Kier alpha value is -1.23. The average Bonchev–Trinajstić information content (AvgIpc) is 2.40. The van der Waals surface area contributed by atoms with Crippen molar-refractivity contribution in [3.05, 3.63) is 35.4 Å². The second-order valence-electron chi connectivity index (χ2n) is 5.08. The summed E-state index contributed by atoms with van der Waals surface area (Å²) in [6, 6.07) is 4.89. The number of halogens is 4. The van der Waals surface area contributed by atoms with Gasteiger partial charge in [0.2, 0.25) is 0 Å². The molecule has 0 spiro atoms. The van der Waals surface area contributed by atoms with Crippen molar-refractivity contribution in [3.8, 4) is 0 Å². The zero-order valence-corrected chi connectivity index (χ0v) is 11.7. The van der Waals surface area contributed by atoms with E-state index in [1.165, 1.54) is 23.1 Å². The molecule has 1 aliphatic rings. The normalized spacial score (nSPS) is 23.8. The van der Waals surface area contributed by atoms with Crippen LogP contribution in [0.15, 0.2) is 24.3 Å². The lowest BCUT2D eigenvalue weighted by molar-refractivity contribution is -0.138. The van der Waals surface area contributed by atoms with Gasteiger partial charge in [0.25, 0.3) is 5.91 Å². The number of amides is 1. The van der Waals surface area contributed by atoms with Crippen LogP contribution in [-0.4, -0.2) is 29.3 Å². The van der Waals surface area contributed by atoms with Crippen molar-refractivity contribution >= 4 is 17.5 Å². The van der Waals surface area contributed by atoms with Crippen LogP contribution in [0, 0.1) is 5.92 Å². The Morgan fingerprint density at radius 3 is 2.60 bits per heavy atom. The van der Waals surface area contributed by atoms with Crippen LogP contribution in [-0.2, 0) is 6.18 Å². The maximum Gasteiger partial charge on any atom is 0.417 e. The first-order valence-corrected chi connectivity index (χ1v) is 6.84. The molecule has 1 saturated heterocycles. The minimum atomic E-state index is -4.53. The van der Waals surface area contributed by atoms with Crippen LogP contribution in [0.3, 0.4) is 0 Å². The number of likely N-dealkylation sites (tertiary alicyclic amines) is 1. The van der Waals surface area contributed by atoms with E-state index < -0.39 is 17.6 Å². The highest BCUT2D eigenvalue weighted by Gasteiger charge is 2.37. The van der Waals surface area contributed by atoms with E-state index in [0.717, 1.165) is 6.07 Å². The smallest absolute Gasteiger partial charge is 0.338 e. The molecule has 1 heterocycles. The number of nitrogens with zero attached hydrogens (tertiary/aromatic N) is 1. The van der Waals surface area contributed by atoms with Gasteiger partial charge in [0.05, 0.1) is 11.1 Å². The quantitative estimate of drug-likeness (QED) is 0.723. The standard InChI is InChI=1S/C14H15ClF3NO/c1-9-8-19(7-6-12(9)15)13(20)10-4-2-3-5-11(10)14(16,17)18/h2-5,9,12H,6-8H2,1H3. The van der Waals surface area contributed by atoms with Crippen LogP contribution in [0.5, 0.6) is 0 Å². The summed E-state index contributed by atoms with van der Waals surface area (Å²) in [4.78, 5) is 13.8. The highest BCUT2D eigenvalue weighted by Crippen LogP contribution is 2.33. The number of carbonyl (C=O) groups is 1. The molecule has 1 aromatic rings. The van der Waals surface area contributed by atoms with Crippen LogP contribution < -0.4 is 0 Å². The van der Waals surface area contributed by atoms with Crippen LogP contribution in [0.25, 0.3) is 0 Å². The molecule has 6 heteroatoms. The topological polar surface area (TPSA) is 20.3 Å². The number of piperidine rings is 1. The first-order valence-electron chi connectivity index (χ1n) is 6.40. The summed E-state index contributed by atoms with van der Waals surface area (Å²) in [5, 5.41) is -0.0306. The molecule has 0 N–H and O–H groups in total. The Bertz CT molecular complexity index is 503. The van der Waals surface area contributed by atoms with Crippen molar-refractivity contribution in [1.29, 1.82) is 0 Å². The van der Waals surface area contributed by atoms with Crippen LogP contribution in [0.2, 0.25) is 0 Å². The first-order chi connectivity index (χ1) is 9.30. The van der Waals surface area contributed by atoms with Gasteiger partial charge in [-0.2, -0.15) is 13.2 Å². The van der Waals surface area contributed by atoms with Gasteiger partial charge in [0.1, 0.15) is 0 Å². The van der Waals surface area contributed by atoms with E-state index in [1.54, 1.807) is 0 Å². The fourth-order valence-corrected chi connectivity index (χ4v) is 2.57. The molecule has 2 atom stereocenters. The van der Waals surface area contributed by atoms with E-state index >= 15 is 0 Å². The predicted octanol–water partition coefficient (Wildman–Crippen LogP) is 3.79. The fourth-order valence-electron chi connectivity index (χ4n) is 2.39. The molecule has 0 radical (unpaired) electrons. The molecule has 110 valence electrons. The second-order valence-corrected chi connectivity index (χ2v) is 5.64. The van der Waals surface area contributed by atoms with Crippen molar-refractivity contribution in [1.82, 2.24) is 4.90 Å². The van der Waals surface area contributed by atoms with Gasteiger partial charge in [-0.3, -0.25) is 4.79 Å². The van der Waals surface area contributed by atoms with E-state index in [0.29, 0.717) is 19.5 Å². The number of rotatable bonds is 1. The van der Waals surface area contributed by atoms with Gasteiger partial charge in [-0.05, 0) is 24.5 Å². The monoisotopic (exact) mass is 305 g/mol. The Labute approximate surface area is 120 Å². The predicted molar refractivity (Wildman–Crippen MR) is 70.8 cm³/mol. The summed E-state index contributed by atoms with van der Waals surface area (Å²) in [7, 11) is 0. The van der Waals surface area contributed by atoms with Gasteiger partial charge in [-0.1, -0.05) is 19.1 Å². The van der Waals surface area contributed by atoms with Crippen LogP contribution >= 0.6 is 11.6 Å². The van der Waals surface area contributed by atoms with Crippen molar-refractivity contribution in [2.45, 2.75) is 24.9 Å². The Balaban J connectivity index is 2.26. The molecule has 1 fully saturated rings. The van der Waals surface area contributed by atoms with Gasteiger partial charge in [0, 0.05) is 18.5 Å². The lowest BCUT2D eigenvalue weighted by Gasteiger charge is -2.34. The Kier molecular flexibility index (Phi) is 4.28. The van der Waals surface area contributed by atoms with Crippen LogP contribution in [0.4, 0.5) is 13.2 Å². The molecule has 0 aliphatic carbocycles. The van der Waals surface area contributed by atoms with E-state index in [4.69, 9.17) is 11.6 Å². The third-order valence-electron chi connectivity index (χ3n) is 3.55. The third kappa shape index (κ3) is 3.08. The lowest BCUT2D eigenvalue weighted by atomic mass is 9.98. The van der Waals surface area contributed by atoms with Crippen molar-refractivity contribution in [2.24, 2.45) is 5.92 Å². The summed E-state index contributed by atoms with van der Waals surface area (Å²) >= 11 is 6.07.